The summed E-state index contributed by atoms with van der Waals surface area (Å²) in [4.78, 5) is 71.3. The van der Waals surface area contributed by atoms with Crippen molar-refractivity contribution in [3.63, 3.8) is 0 Å². The Morgan fingerprint density at radius 1 is 0.945 bits per heavy atom. The fourth-order valence-corrected chi connectivity index (χ4v) is 8.17. The lowest BCUT2D eigenvalue weighted by atomic mass is 9.89. The van der Waals surface area contributed by atoms with Gasteiger partial charge in [-0.2, -0.15) is 0 Å². The zero-order valence-electron chi connectivity index (χ0n) is 35.2. The smallest absolute Gasteiger partial charge is 0.326 e. The molecule has 1 aliphatic rings. The number of nitrogens with one attached hydrogen (secondary N) is 3. The number of ether oxygens (including phenoxy) is 2. The Balaban J connectivity index is 2.37. The quantitative estimate of drug-likeness (QED) is 0.141. The van der Waals surface area contributed by atoms with Crippen LogP contribution in [0.15, 0.2) is 24.3 Å². The van der Waals surface area contributed by atoms with Crippen molar-refractivity contribution in [1.29, 1.82) is 0 Å². The number of likely N-dealkylation sites (tertiary alicyclic amines) is 1. The van der Waals surface area contributed by atoms with Gasteiger partial charge in [-0.25, -0.2) is 4.79 Å². The van der Waals surface area contributed by atoms with Crippen molar-refractivity contribution in [2.75, 3.05) is 28.3 Å². The number of amides is 4. The number of rotatable bonds is 21. The molecule has 1 aliphatic heterocycles. The second-order valence-corrected chi connectivity index (χ2v) is 16.5. The van der Waals surface area contributed by atoms with Gasteiger partial charge in [0.2, 0.25) is 23.6 Å². The fourth-order valence-electron chi connectivity index (χ4n) is 7.95. The van der Waals surface area contributed by atoms with Crippen LogP contribution in [0.5, 0.6) is 0 Å². The highest BCUT2D eigenvalue weighted by atomic mass is 35.5. The number of carboxylic acid groups (broad SMARTS) is 1. The van der Waals surface area contributed by atoms with Crippen molar-refractivity contribution in [2.24, 2.45) is 29.6 Å². The van der Waals surface area contributed by atoms with E-state index < -0.39 is 60.2 Å². The van der Waals surface area contributed by atoms with E-state index in [0.29, 0.717) is 23.4 Å². The molecule has 0 aromatic heterocycles. The van der Waals surface area contributed by atoms with E-state index in [1.165, 1.54) is 14.2 Å². The highest BCUT2D eigenvalue weighted by Crippen LogP contribution is 2.36. The van der Waals surface area contributed by atoms with Crippen LogP contribution in [0.1, 0.15) is 87.1 Å². The van der Waals surface area contributed by atoms with E-state index in [4.69, 9.17) is 21.1 Å². The maximum Gasteiger partial charge on any atom is 0.326 e. The number of carbonyl (C=O) groups is 5. The Bertz CT molecular complexity index is 1440. The van der Waals surface area contributed by atoms with Crippen LogP contribution in [0.2, 0.25) is 5.02 Å². The van der Waals surface area contributed by atoms with Crippen LogP contribution in [0.4, 0.5) is 0 Å². The number of carboxylic acids is 1. The maximum atomic E-state index is 14.5. The first-order chi connectivity index (χ1) is 25.8. The molecule has 4 amide bonds. The third-order valence-corrected chi connectivity index (χ3v) is 12.0. The lowest BCUT2D eigenvalue weighted by Crippen LogP contribution is -2.60. The van der Waals surface area contributed by atoms with Crippen LogP contribution in [0.25, 0.3) is 0 Å². The molecular weight excluding hydrogens is 726 g/mol. The van der Waals surface area contributed by atoms with E-state index in [-0.39, 0.29) is 60.3 Å². The number of carbonyl (C=O) groups excluding carboxylic acids is 4. The summed E-state index contributed by atoms with van der Waals surface area (Å²) >= 11 is 6.29. The molecule has 0 aliphatic carbocycles. The highest BCUT2D eigenvalue weighted by molar-refractivity contribution is 6.31. The summed E-state index contributed by atoms with van der Waals surface area (Å²) in [6, 6.07) is 3.21. The van der Waals surface area contributed by atoms with Gasteiger partial charge in [-0.1, -0.05) is 91.6 Å². The predicted octanol–water partition coefficient (Wildman–Crippen LogP) is 4.39. The SMILES string of the molecule is CC[C@H](C)[C@@H]([C@@H](CC(=O)N1C(C)[C@@H](C)C[C@H]1[C@H](OC)[C@@H](C)C(=O)N[C@@H](Cc1ccccc1Cl)C(=O)O)OC)N(C)C(=O)[C@@H](NC(=O)[C@@H](NC)C(C)C)C(C)C. The molecule has 1 heterocycles. The zero-order valence-corrected chi connectivity index (χ0v) is 36.0. The summed E-state index contributed by atoms with van der Waals surface area (Å²) in [7, 11) is 6.45. The molecule has 1 aromatic carbocycles. The Labute approximate surface area is 334 Å². The van der Waals surface area contributed by atoms with Crippen LogP contribution in [0.3, 0.4) is 0 Å². The second-order valence-electron chi connectivity index (χ2n) is 16.1. The number of nitrogens with zero attached hydrogens (tertiary/aromatic N) is 2. The standard InChI is InChI=1S/C41H68ClN5O8/c1-14-24(6)36(46(11)40(51)35(23(4)5)45-39(50)34(43-10)22(2)3)32(54-12)21-33(48)47-27(9)25(7)19-31(47)37(55-13)26(8)38(49)44-30(41(52)53)20-28-17-15-16-18-29(28)42/h15-18,22-27,30-32,34-37,43H,14,19-21H2,1-13H3,(H,44,49)(H,45,50)(H,52,53)/t24-,25-,26+,27?,30-,31-,32+,34-,35-,36-,37+/m0/s1. The Kier molecular flexibility index (Phi) is 19.1. The van der Waals surface area contributed by atoms with Crippen LogP contribution < -0.4 is 16.0 Å². The van der Waals surface area contributed by atoms with E-state index in [9.17, 15) is 29.1 Å². The van der Waals surface area contributed by atoms with Gasteiger partial charge in [-0.15, -0.1) is 0 Å². The monoisotopic (exact) mass is 793 g/mol. The Hall–Kier alpha value is -3.26. The summed E-state index contributed by atoms with van der Waals surface area (Å²) in [5, 5.41) is 19.1. The number of halogens is 1. The summed E-state index contributed by atoms with van der Waals surface area (Å²) in [6.07, 6.45) is -0.207. The predicted molar refractivity (Wildman–Crippen MR) is 214 cm³/mol. The maximum absolute atomic E-state index is 14.5. The summed E-state index contributed by atoms with van der Waals surface area (Å²) < 4.78 is 12.0. The van der Waals surface area contributed by atoms with Crippen LogP contribution in [-0.2, 0) is 39.9 Å². The molecule has 0 spiro atoms. The number of aliphatic carboxylic acids is 1. The van der Waals surface area contributed by atoms with Gasteiger partial charge in [0.15, 0.2) is 0 Å². The summed E-state index contributed by atoms with van der Waals surface area (Å²) in [6.45, 7) is 17.4. The number of benzene rings is 1. The average molecular weight is 794 g/mol. The van der Waals surface area contributed by atoms with Gasteiger partial charge < -0.3 is 40.3 Å². The molecule has 0 bridgehead atoms. The van der Waals surface area contributed by atoms with Crippen molar-refractivity contribution in [1.82, 2.24) is 25.8 Å². The van der Waals surface area contributed by atoms with E-state index >= 15 is 0 Å². The second kappa shape index (κ2) is 21.9. The molecule has 312 valence electrons. The molecule has 2 rings (SSSR count). The topological polar surface area (TPSA) is 167 Å². The molecule has 1 fully saturated rings. The first kappa shape index (κ1) is 47.9. The molecule has 1 aromatic rings. The number of hydrogen-bond donors (Lipinski definition) is 4. The molecule has 1 unspecified atom stereocenters. The molecule has 0 radical (unpaired) electrons. The van der Waals surface area contributed by atoms with Gasteiger partial charge in [-0.3, -0.25) is 19.2 Å². The zero-order chi connectivity index (χ0) is 41.9. The van der Waals surface area contributed by atoms with Crippen LogP contribution in [0, 0.1) is 29.6 Å². The van der Waals surface area contributed by atoms with Crippen molar-refractivity contribution in [2.45, 2.75) is 136 Å². The van der Waals surface area contributed by atoms with Crippen molar-refractivity contribution in [3.8, 4) is 0 Å². The normalized spacial score (nSPS) is 21.6. The third kappa shape index (κ3) is 12.1. The van der Waals surface area contributed by atoms with Crippen molar-refractivity contribution < 1.29 is 38.6 Å². The number of methoxy groups -OCH3 is 2. The molecule has 11 atom stereocenters. The minimum absolute atomic E-state index is 0.00136. The first-order valence-corrected chi connectivity index (χ1v) is 20.0. The minimum atomic E-state index is -1.23. The highest BCUT2D eigenvalue weighted by Gasteiger charge is 2.47. The molecule has 4 N–H and O–H groups in total. The molecule has 14 heteroatoms. The van der Waals surface area contributed by atoms with Gasteiger partial charge in [-0.05, 0) is 55.7 Å². The third-order valence-electron chi connectivity index (χ3n) is 11.6. The van der Waals surface area contributed by atoms with Gasteiger partial charge in [0.05, 0.1) is 42.7 Å². The van der Waals surface area contributed by atoms with E-state index in [0.717, 1.165) is 0 Å². The molecule has 0 saturated carbocycles. The van der Waals surface area contributed by atoms with E-state index in [1.807, 2.05) is 55.4 Å². The lowest BCUT2D eigenvalue weighted by Gasteiger charge is -2.41. The molecular formula is C41H68ClN5O8. The van der Waals surface area contributed by atoms with Gasteiger partial charge in [0.25, 0.3) is 0 Å². The Morgan fingerprint density at radius 2 is 1.55 bits per heavy atom. The summed E-state index contributed by atoms with van der Waals surface area (Å²) in [5.41, 5.74) is 0.594. The minimum Gasteiger partial charge on any atom is -0.480 e. The van der Waals surface area contributed by atoms with E-state index in [2.05, 4.69) is 16.0 Å². The number of hydrogen-bond acceptors (Lipinski definition) is 8. The largest absolute Gasteiger partial charge is 0.480 e. The number of likely N-dealkylation sites (N-methyl/N-ethyl adjacent to an activating group) is 2. The van der Waals surface area contributed by atoms with Crippen molar-refractivity contribution >= 4 is 41.2 Å². The van der Waals surface area contributed by atoms with Crippen molar-refractivity contribution in [3.05, 3.63) is 34.9 Å². The van der Waals surface area contributed by atoms with Crippen LogP contribution >= 0.6 is 11.6 Å². The van der Waals surface area contributed by atoms with Gasteiger partial charge >= 0.3 is 5.97 Å². The van der Waals surface area contributed by atoms with Crippen LogP contribution in [-0.4, -0.2) is 121 Å². The molecule has 1 saturated heterocycles. The first-order valence-electron chi connectivity index (χ1n) is 19.6. The molecule has 55 heavy (non-hydrogen) atoms. The lowest BCUT2D eigenvalue weighted by molar-refractivity contribution is -0.149. The fraction of sp³-hybridized carbons (Fsp3) is 0.732. The Morgan fingerprint density at radius 3 is 2.04 bits per heavy atom. The van der Waals surface area contributed by atoms with Gasteiger partial charge in [0, 0.05) is 38.8 Å². The summed E-state index contributed by atoms with van der Waals surface area (Å²) in [5.74, 6) is -3.43. The molecule has 13 nitrogen and oxygen atoms in total. The van der Waals surface area contributed by atoms with E-state index in [1.54, 1.807) is 55.1 Å². The average Bonchev–Trinajstić information content (AvgIpc) is 3.42. The van der Waals surface area contributed by atoms with Gasteiger partial charge in [0.1, 0.15) is 12.1 Å².